The molecule has 4 aromatic rings. The first-order chi connectivity index (χ1) is 19.9. The number of benzene rings is 3. The smallest absolute Gasteiger partial charge is 0.315 e. The normalized spacial score (nSPS) is 14.0. The molecule has 9 nitrogen and oxygen atoms in total. The van der Waals surface area contributed by atoms with E-state index in [2.05, 4.69) is 21.0 Å². The molecule has 0 unspecified atom stereocenters. The van der Waals surface area contributed by atoms with E-state index in [1.807, 2.05) is 18.2 Å². The molecule has 0 amide bonds. The summed E-state index contributed by atoms with van der Waals surface area (Å²) in [5, 5.41) is 17.6. The number of hydrogen-bond donors (Lipinski definition) is 0. The van der Waals surface area contributed by atoms with E-state index in [0.717, 1.165) is 36.6 Å². The van der Waals surface area contributed by atoms with Crippen molar-refractivity contribution in [3.05, 3.63) is 102 Å². The van der Waals surface area contributed by atoms with Crippen molar-refractivity contribution in [3.8, 4) is 11.5 Å². The first-order valence-electron chi connectivity index (χ1n) is 13.4. The predicted octanol–water partition coefficient (Wildman–Crippen LogP) is 7.63. The minimum atomic E-state index is -0.531. The van der Waals surface area contributed by atoms with Crippen LogP contribution in [0.5, 0.6) is 11.5 Å². The van der Waals surface area contributed by atoms with E-state index < -0.39 is 4.92 Å². The summed E-state index contributed by atoms with van der Waals surface area (Å²) in [5.41, 5.74) is 1.08. The van der Waals surface area contributed by atoms with Gasteiger partial charge in [0.15, 0.2) is 5.75 Å². The average Bonchev–Trinajstić information content (AvgIpc) is 2.97. The zero-order valence-corrected chi connectivity index (χ0v) is 24.7. The minimum Gasteiger partial charge on any atom is -0.490 e. The van der Waals surface area contributed by atoms with Gasteiger partial charge in [0.1, 0.15) is 12.4 Å². The van der Waals surface area contributed by atoms with Crippen LogP contribution in [0.25, 0.3) is 10.9 Å². The van der Waals surface area contributed by atoms with Crippen molar-refractivity contribution in [1.82, 2.24) is 9.66 Å². The van der Waals surface area contributed by atoms with Crippen LogP contribution in [-0.4, -0.2) is 27.4 Å². The Morgan fingerprint density at radius 1 is 1.15 bits per heavy atom. The van der Waals surface area contributed by atoms with Gasteiger partial charge in [-0.2, -0.15) is 9.78 Å². The molecule has 1 aliphatic carbocycles. The van der Waals surface area contributed by atoms with Gasteiger partial charge in [0, 0.05) is 32.6 Å². The van der Waals surface area contributed by atoms with Crippen LogP contribution in [0.3, 0.4) is 0 Å². The maximum Gasteiger partial charge on any atom is 0.315 e. The van der Waals surface area contributed by atoms with Gasteiger partial charge in [-0.1, -0.05) is 65.0 Å². The van der Waals surface area contributed by atoms with Crippen LogP contribution >= 0.6 is 27.5 Å². The topological polar surface area (TPSA) is 109 Å². The van der Waals surface area contributed by atoms with Gasteiger partial charge in [-0.15, -0.1) is 0 Å². The molecule has 1 aliphatic rings. The molecule has 3 aromatic carbocycles. The summed E-state index contributed by atoms with van der Waals surface area (Å²) in [6.45, 7) is 2.06. The molecular formula is C30H28BrClN4O5. The zero-order chi connectivity index (χ0) is 28.9. The molecule has 0 spiro atoms. The lowest BCUT2D eigenvalue weighted by Gasteiger charge is -2.22. The Kier molecular flexibility index (Phi) is 8.99. The summed E-state index contributed by atoms with van der Waals surface area (Å²) in [6.07, 6.45) is 6.53. The number of aromatic nitrogens is 2. The van der Waals surface area contributed by atoms with Crippen molar-refractivity contribution in [1.29, 1.82) is 0 Å². The number of ether oxygens (including phenoxy) is 2. The van der Waals surface area contributed by atoms with Crippen LogP contribution in [-0.2, 0) is 6.61 Å². The highest BCUT2D eigenvalue weighted by molar-refractivity contribution is 9.10. The van der Waals surface area contributed by atoms with Gasteiger partial charge >= 0.3 is 5.69 Å². The van der Waals surface area contributed by atoms with Crippen LogP contribution in [0.2, 0.25) is 5.02 Å². The summed E-state index contributed by atoms with van der Waals surface area (Å²) in [7, 11) is 0. The lowest BCUT2D eigenvalue weighted by Crippen LogP contribution is -2.25. The molecule has 0 N–H and O–H groups in total. The number of nitro benzene ring substituents is 1. The summed E-state index contributed by atoms with van der Waals surface area (Å²) in [5.74, 6) is 0.873. The summed E-state index contributed by atoms with van der Waals surface area (Å²) < 4.78 is 13.7. The second kappa shape index (κ2) is 12.8. The van der Waals surface area contributed by atoms with E-state index in [1.165, 1.54) is 17.0 Å². The van der Waals surface area contributed by atoms with Crippen molar-refractivity contribution in [2.45, 2.75) is 51.6 Å². The highest BCUT2D eigenvalue weighted by atomic mass is 79.9. The molecule has 1 heterocycles. The van der Waals surface area contributed by atoms with E-state index in [1.54, 1.807) is 37.3 Å². The van der Waals surface area contributed by atoms with Crippen LogP contribution < -0.4 is 15.0 Å². The first-order valence-corrected chi connectivity index (χ1v) is 14.6. The third-order valence-electron chi connectivity index (χ3n) is 7.01. The number of fused-ring (bicyclic) bond motifs is 1. The second-order valence-corrected chi connectivity index (χ2v) is 11.1. The van der Waals surface area contributed by atoms with Gasteiger partial charge in [0.05, 0.1) is 28.6 Å². The van der Waals surface area contributed by atoms with Gasteiger partial charge in [-0.25, -0.2) is 4.98 Å². The standard InChI is InChI=1S/C30H28BrClN4O5/c1-2-40-27-15-19(14-26(36(38)39)28(27)41-18-21-10-6-7-11-24(21)32)17-33-35-29(20-8-4-3-5-9-20)34-25-13-12-22(31)16-23(25)30(35)37/h6-7,10-17,20H,2-5,8-9,18H2,1H3. The number of nitrogens with zero attached hydrogens (tertiary/aromatic N) is 4. The molecule has 0 radical (unpaired) electrons. The molecule has 1 fully saturated rings. The van der Waals surface area contributed by atoms with E-state index in [9.17, 15) is 14.9 Å². The summed E-state index contributed by atoms with van der Waals surface area (Å²) >= 11 is 9.68. The SMILES string of the molecule is CCOc1cc(C=Nn2c(C3CCCCC3)nc3ccc(Br)cc3c2=O)cc([N+](=O)[O-])c1OCc1ccccc1Cl. The van der Waals surface area contributed by atoms with Crippen molar-refractivity contribution in [2.24, 2.45) is 5.10 Å². The molecule has 1 saturated carbocycles. The molecular weight excluding hydrogens is 612 g/mol. The highest BCUT2D eigenvalue weighted by Crippen LogP contribution is 2.39. The first kappa shape index (κ1) is 28.8. The Bertz CT molecular complexity index is 1680. The Morgan fingerprint density at radius 2 is 1.93 bits per heavy atom. The van der Waals surface area contributed by atoms with Gasteiger partial charge in [0.25, 0.3) is 5.56 Å². The van der Waals surface area contributed by atoms with Crippen LogP contribution in [0.1, 0.15) is 61.9 Å². The predicted molar refractivity (Wildman–Crippen MR) is 163 cm³/mol. The monoisotopic (exact) mass is 638 g/mol. The van der Waals surface area contributed by atoms with Gasteiger partial charge < -0.3 is 9.47 Å². The van der Waals surface area contributed by atoms with Crippen LogP contribution in [0.4, 0.5) is 5.69 Å². The Labute approximate surface area is 250 Å². The Hall–Kier alpha value is -3.76. The fraction of sp³-hybridized carbons (Fsp3) is 0.300. The maximum atomic E-state index is 13.6. The number of rotatable bonds is 9. The number of nitro groups is 1. The number of hydrogen-bond acceptors (Lipinski definition) is 7. The van der Waals surface area contributed by atoms with E-state index >= 15 is 0 Å². The summed E-state index contributed by atoms with van der Waals surface area (Å²) in [4.78, 5) is 30.1. The highest BCUT2D eigenvalue weighted by Gasteiger charge is 2.25. The molecule has 0 saturated heterocycles. The molecule has 41 heavy (non-hydrogen) atoms. The fourth-order valence-corrected chi connectivity index (χ4v) is 5.57. The molecule has 212 valence electrons. The van der Waals surface area contributed by atoms with Gasteiger partial charge in [0.2, 0.25) is 5.75 Å². The van der Waals surface area contributed by atoms with E-state index in [4.69, 9.17) is 26.1 Å². The molecule has 11 heteroatoms. The largest absolute Gasteiger partial charge is 0.490 e. The van der Waals surface area contributed by atoms with Crippen molar-refractivity contribution in [2.75, 3.05) is 6.61 Å². The molecule has 1 aromatic heterocycles. The van der Waals surface area contributed by atoms with E-state index in [0.29, 0.717) is 32.9 Å². The van der Waals surface area contributed by atoms with Crippen LogP contribution in [0.15, 0.2) is 69.0 Å². The quantitative estimate of drug-likeness (QED) is 0.106. The van der Waals surface area contributed by atoms with Gasteiger partial charge in [-0.3, -0.25) is 14.9 Å². The van der Waals surface area contributed by atoms with Crippen LogP contribution in [0, 0.1) is 10.1 Å². The molecule has 5 rings (SSSR count). The zero-order valence-electron chi connectivity index (χ0n) is 22.4. The Morgan fingerprint density at radius 3 is 2.66 bits per heavy atom. The second-order valence-electron chi connectivity index (χ2n) is 9.77. The van der Waals surface area contributed by atoms with Crippen molar-refractivity contribution < 1.29 is 14.4 Å². The maximum absolute atomic E-state index is 13.6. The lowest BCUT2D eigenvalue weighted by atomic mass is 9.88. The molecule has 0 bridgehead atoms. The Balaban J connectivity index is 1.57. The van der Waals surface area contributed by atoms with Crippen molar-refractivity contribution >= 4 is 50.3 Å². The average molecular weight is 640 g/mol. The third kappa shape index (κ3) is 6.44. The van der Waals surface area contributed by atoms with Crippen molar-refractivity contribution in [3.63, 3.8) is 0 Å². The molecule has 0 atom stereocenters. The fourth-order valence-electron chi connectivity index (χ4n) is 5.02. The van der Waals surface area contributed by atoms with Gasteiger partial charge in [-0.05, 0) is 50.1 Å². The number of halogens is 2. The lowest BCUT2D eigenvalue weighted by molar-refractivity contribution is -0.386. The third-order valence-corrected chi connectivity index (χ3v) is 7.87. The molecule has 0 aliphatic heterocycles. The minimum absolute atomic E-state index is 0.00815. The van der Waals surface area contributed by atoms with E-state index in [-0.39, 0.29) is 41.9 Å². The summed E-state index contributed by atoms with van der Waals surface area (Å²) in [6, 6.07) is 15.5.